The number of rotatable bonds is 13. The Morgan fingerprint density at radius 1 is 1.00 bits per heavy atom. The minimum atomic E-state index is -0.689. The molecule has 0 aromatic heterocycles. The highest BCUT2D eigenvalue weighted by Gasteiger charge is 1.97. The van der Waals surface area contributed by atoms with Gasteiger partial charge in [0.05, 0.1) is 0 Å². The van der Waals surface area contributed by atoms with E-state index in [0.717, 1.165) is 50.9 Å². The van der Waals surface area contributed by atoms with Crippen molar-refractivity contribution in [2.24, 2.45) is 5.92 Å². The van der Waals surface area contributed by atoms with E-state index in [0.29, 0.717) is 6.42 Å². The average Bonchev–Trinajstić information content (AvgIpc) is 2.45. The largest absolute Gasteiger partial charge is 0.481 e. The van der Waals surface area contributed by atoms with E-state index < -0.39 is 5.97 Å². The highest BCUT2D eigenvalue weighted by molar-refractivity contribution is 5.66. The molecule has 1 unspecified atom stereocenters. The first-order chi connectivity index (χ1) is 10.2. The molecule has 0 spiro atoms. The fourth-order valence-electron chi connectivity index (χ4n) is 2.04. The van der Waals surface area contributed by atoms with E-state index in [1.165, 1.54) is 6.42 Å². The van der Waals surface area contributed by atoms with E-state index in [2.05, 4.69) is 50.3 Å². The van der Waals surface area contributed by atoms with Gasteiger partial charge in [-0.3, -0.25) is 4.79 Å². The van der Waals surface area contributed by atoms with Crippen LogP contribution in [0.4, 0.5) is 0 Å². The maximum atomic E-state index is 10.3. The molecule has 0 fully saturated rings. The summed E-state index contributed by atoms with van der Waals surface area (Å²) < 4.78 is 0. The summed E-state index contributed by atoms with van der Waals surface area (Å²) in [5.41, 5.74) is 0. The van der Waals surface area contributed by atoms with E-state index in [9.17, 15) is 4.79 Å². The molecule has 0 amide bonds. The molecule has 2 heteroatoms. The predicted molar refractivity (Wildman–Crippen MR) is 91.4 cm³/mol. The van der Waals surface area contributed by atoms with E-state index in [1.807, 2.05) is 0 Å². The summed E-state index contributed by atoms with van der Waals surface area (Å²) in [4.78, 5) is 10.3. The first-order valence-electron chi connectivity index (χ1n) is 8.33. The Labute approximate surface area is 130 Å². The van der Waals surface area contributed by atoms with Crippen LogP contribution in [0.15, 0.2) is 36.5 Å². The Balaban J connectivity index is 3.46. The van der Waals surface area contributed by atoms with Gasteiger partial charge in [-0.15, -0.1) is 0 Å². The number of unbranched alkanes of at least 4 members (excludes halogenated alkanes) is 2. The second-order valence-corrected chi connectivity index (χ2v) is 5.62. The molecule has 0 aliphatic rings. The van der Waals surface area contributed by atoms with Crippen LogP contribution in [-0.4, -0.2) is 11.1 Å². The molecular weight excluding hydrogens is 260 g/mol. The summed E-state index contributed by atoms with van der Waals surface area (Å²) in [5.74, 6) is 0.0296. The van der Waals surface area contributed by atoms with Gasteiger partial charge < -0.3 is 5.11 Å². The highest BCUT2D eigenvalue weighted by Crippen LogP contribution is 2.12. The SMILES string of the molecule is CCC=CCC=CCCC(C)CC=CCCCCC(=O)O. The molecule has 21 heavy (non-hydrogen) atoms. The molecule has 0 bridgehead atoms. The Morgan fingerprint density at radius 3 is 2.43 bits per heavy atom. The summed E-state index contributed by atoms with van der Waals surface area (Å²) >= 11 is 0. The van der Waals surface area contributed by atoms with Crippen LogP contribution in [0, 0.1) is 5.92 Å². The zero-order valence-corrected chi connectivity index (χ0v) is 13.8. The van der Waals surface area contributed by atoms with Gasteiger partial charge in [0.1, 0.15) is 0 Å². The fraction of sp³-hybridized carbons (Fsp3) is 0.632. The van der Waals surface area contributed by atoms with Crippen molar-refractivity contribution in [2.75, 3.05) is 0 Å². The second kappa shape index (κ2) is 15.1. The highest BCUT2D eigenvalue weighted by atomic mass is 16.4. The lowest BCUT2D eigenvalue weighted by molar-refractivity contribution is -0.137. The fourth-order valence-corrected chi connectivity index (χ4v) is 2.04. The molecule has 0 aromatic rings. The van der Waals surface area contributed by atoms with E-state index in [-0.39, 0.29) is 0 Å². The lowest BCUT2D eigenvalue weighted by atomic mass is 10.0. The van der Waals surface area contributed by atoms with Crippen LogP contribution in [0.2, 0.25) is 0 Å². The molecule has 1 N–H and O–H groups in total. The molecular formula is C19H32O2. The van der Waals surface area contributed by atoms with Crippen molar-refractivity contribution in [3.8, 4) is 0 Å². The minimum absolute atomic E-state index is 0.296. The number of carbonyl (C=O) groups is 1. The number of aliphatic carboxylic acids is 1. The molecule has 0 aliphatic heterocycles. The van der Waals surface area contributed by atoms with Gasteiger partial charge in [0, 0.05) is 6.42 Å². The van der Waals surface area contributed by atoms with Gasteiger partial charge in [0.2, 0.25) is 0 Å². The van der Waals surface area contributed by atoms with Crippen molar-refractivity contribution in [1.82, 2.24) is 0 Å². The molecule has 0 heterocycles. The third-order valence-corrected chi connectivity index (χ3v) is 3.38. The first-order valence-corrected chi connectivity index (χ1v) is 8.33. The number of hydrogen-bond donors (Lipinski definition) is 1. The monoisotopic (exact) mass is 292 g/mol. The molecule has 2 nitrogen and oxygen atoms in total. The molecule has 1 atom stereocenters. The maximum absolute atomic E-state index is 10.3. The van der Waals surface area contributed by atoms with E-state index in [4.69, 9.17) is 5.11 Å². The summed E-state index contributed by atoms with van der Waals surface area (Å²) in [5, 5.41) is 8.52. The van der Waals surface area contributed by atoms with Crippen LogP contribution >= 0.6 is 0 Å². The quantitative estimate of drug-likeness (QED) is 0.338. The van der Waals surface area contributed by atoms with Crippen molar-refractivity contribution in [2.45, 2.75) is 71.6 Å². The summed E-state index contributed by atoms with van der Waals surface area (Å²) in [6.07, 6.45) is 22.2. The average molecular weight is 292 g/mol. The van der Waals surface area contributed by atoms with Crippen molar-refractivity contribution < 1.29 is 9.90 Å². The molecule has 120 valence electrons. The topological polar surface area (TPSA) is 37.3 Å². The third-order valence-electron chi connectivity index (χ3n) is 3.38. The van der Waals surface area contributed by atoms with Crippen molar-refractivity contribution in [3.05, 3.63) is 36.5 Å². The standard InChI is InChI=1S/C19H32O2/c1-3-4-5-6-7-9-12-15-18(2)16-13-10-8-11-14-17-19(20)21/h4-5,7,9-10,13,18H,3,6,8,11-12,14-17H2,1-2H3,(H,20,21). The number of carboxylic acids is 1. The van der Waals surface area contributed by atoms with Gasteiger partial charge in [-0.2, -0.15) is 0 Å². The third kappa shape index (κ3) is 16.6. The molecule has 0 radical (unpaired) electrons. The van der Waals surface area contributed by atoms with Crippen LogP contribution in [-0.2, 0) is 4.79 Å². The lowest BCUT2D eigenvalue weighted by Crippen LogP contribution is -1.93. The predicted octanol–water partition coefficient (Wildman–Crippen LogP) is 5.91. The number of hydrogen-bond acceptors (Lipinski definition) is 1. The zero-order chi connectivity index (χ0) is 15.8. The molecule has 0 aliphatic carbocycles. The molecule has 0 saturated carbocycles. The number of allylic oxidation sites excluding steroid dienone is 6. The van der Waals surface area contributed by atoms with Crippen molar-refractivity contribution >= 4 is 5.97 Å². The Kier molecular flexibility index (Phi) is 14.1. The zero-order valence-electron chi connectivity index (χ0n) is 13.8. The maximum Gasteiger partial charge on any atom is 0.303 e. The Hall–Kier alpha value is -1.31. The normalized spacial score (nSPS) is 13.6. The number of carboxylic acid groups (broad SMARTS) is 1. The van der Waals surface area contributed by atoms with Gasteiger partial charge in [0.15, 0.2) is 0 Å². The molecule has 0 aromatic carbocycles. The summed E-state index contributed by atoms with van der Waals surface area (Å²) in [7, 11) is 0. The summed E-state index contributed by atoms with van der Waals surface area (Å²) in [6, 6.07) is 0. The van der Waals surface area contributed by atoms with Crippen LogP contribution in [0.3, 0.4) is 0 Å². The Bertz CT molecular complexity index is 326. The van der Waals surface area contributed by atoms with Gasteiger partial charge in [-0.1, -0.05) is 50.3 Å². The van der Waals surface area contributed by atoms with E-state index in [1.54, 1.807) is 0 Å². The van der Waals surface area contributed by atoms with Gasteiger partial charge in [0.25, 0.3) is 0 Å². The van der Waals surface area contributed by atoms with Crippen LogP contribution in [0.25, 0.3) is 0 Å². The first kappa shape index (κ1) is 19.7. The molecule has 0 rings (SSSR count). The molecule has 0 saturated heterocycles. The van der Waals surface area contributed by atoms with Crippen molar-refractivity contribution in [1.29, 1.82) is 0 Å². The smallest absolute Gasteiger partial charge is 0.303 e. The van der Waals surface area contributed by atoms with Crippen LogP contribution in [0.5, 0.6) is 0 Å². The van der Waals surface area contributed by atoms with Crippen LogP contribution < -0.4 is 0 Å². The van der Waals surface area contributed by atoms with Gasteiger partial charge >= 0.3 is 5.97 Å². The van der Waals surface area contributed by atoms with Gasteiger partial charge in [-0.25, -0.2) is 0 Å². The Morgan fingerprint density at radius 2 is 1.71 bits per heavy atom. The minimum Gasteiger partial charge on any atom is -0.481 e. The van der Waals surface area contributed by atoms with Crippen molar-refractivity contribution in [3.63, 3.8) is 0 Å². The van der Waals surface area contributed by atoms with Gasteiger partial charge in [-0.05, 0) is 57.3 Å². The summed E-state index contributed by atoms with van der Waals surface area (Å²) in [6.45, 7) is 4.45. The lowest BCUT2D eigenvalue weighted by Gasteiger charge is -2.05. The van der Waals surface area contributed by atoms with Crippen LogP contribution in [0.1, 0.15) is 71.6 Å². The second-order valence-electron chi connectivity index (χ2n) is 5.62. The van der Waals surface area contributed by atoms with E-state index >= 15 is 0 Å².